The number of halogens is 3. The Labute approximate surface area is 99.6 Å². The van der Waals surface area contributed by atoms with E-state index >= 15 is 0 Å². The van der Waals surface area contributed by atoms with Gasteiger partial charge in [-0.25, -0.2) is 8.78 Å². The summed E-state index contributed by atoms with van der Waals surface area (Å²) in [5.41, 5.74) is 0.953. The van der Waals surface area contributed by atoms with Gasteiger partial charge < -0.3 is 5.11 Å². The summed E-state index contributed by atoms with van der Waals surface area (Å²) in [7, 11) is 0. The number of aromatic nitrogens is 1. The van der Waals surface area contributed by atoms with Crippen molar-refractivity contribution >= 4 is 21.9 Å². The van der Waals surface area contributed by atoms with Gasteiger partial charge in [-0.3, -0.25) is 9.78 Å². The van der Waals surface area contributed by atoms with Crippen molar-refractivity contribution in [1.82, 2.24) is 4.98 Å². The quantitative estimate of drug-likeness (QED) is 0.869. The van der Waals surface area contributed by atoms with Gasteiger partial charge in [-0.05, 0) is 23.6 Å². The second-order valence-electron chi connectivity index (χ2n) is 3.28. The Balaban J connectivity index is 3.30. The fourth-order valence-corrected chi connectivity index (χ4v) is 1.97. The van der Waals surface area contributed by atoms with Gasteiger partial charge in [0, 0.05) is 11.5 Å². The van der Waals surface area contributed by atoms with Crippen LogP contribution >= 0.6 is 15.9 Å². The van der Waals surface area contributed by atoms with E-state index in [1.54, 1.807) is 6.92 Å². The van der Waals surface area contributed by atoms with Gasteiger partial charge >= 0.3 is 5.97 Å². The maximum Gasteiger partial charge on any atom is 0.307 e. The van der Waals surface area contributed by atoms with E-state index in [9.17, 15) is 13.6 Å². The third-order valence-corrected chi connectivity index (χ3v) is 2.89. The number of alkyl halides is 3. The molecule has 0 aliphatic rings. The largest absolute Gasteiger partial charge is 0.481 e. The van der Waals surface area contributed by atoms with Crippen LogP contribution in [0.25, 0.3) is 0 Å². The van der Waals surface area contributed by atoms with Crippen molar-refractivity contribution in [2.24, 2.45) is 0 Å². The molecule has 0 amide bonds. The van der Waals surface area contributed by atoms with Gasteiger partial charge in [-0.15, -0.1) is 0 Å². The van der Waals surface area contributed by atoms with Crippen molar-refractivity contribution in [1.29, 1.82) is 0 Å². The molecule has 1 aromatic rings. The van der Waals surface area contributed by atoms with E-state index in [4.69, 9.17) is 5.11 Å². The van der Waals surface area contributed by atoms with Gasteiger partial charge in [0.1, 0.15) is 5.69 Å². The normalized spacial score (nSPS) is 10.8. The molecule has 16 heavy (non-hydrogen) atoms. The lowest BCUT2D eigenvalue weighted by Gasteiger charge is -2.12. The molecule has 0 aromatic carbocycles. The standard InChI is InChI=1S/C10H10BrF2NO2/c1-5-6(3-11)4-14-9(10(12)13)7(5)2-8(15)16/h4,10H,2-3H2,1H3,(H,15,16). The van der Waals surface area contributed by atoms with E-state index < -0.39 is 24.5 Å². The molecular weight excluding hydrogens is 284 g/mol. The van der Waals surface area contributed by atoms with Crippen molar-refractivity contribution in [3.63, 3.8) is 0 Å². The fraction of sp³-hybridized carbons (Fsp3) is 0.400. The number of pyridine rings is 1. The summed E-state index contributed by atoms with van der Waals surface area (Å²) in [6, 6.07) is 0. The molecule has 1 N–H and O–H groups in total. The van der Waals surface area contributed by atoms with Crippen molar-refractivity contribution < 1.29 is 18.7 Å². The van der Waals surface area contributed by atoms with Crippen molar-refractivity contribution in [3.05, 3.63) is 28.6 Å². The van der Waals surface area contributed by atoms with Crippen LogP contribution in [0.2, 0.25) is 0 Å². The molecule has 0 saturated carbocycles. The molecule has 3 nitrogen and oxygen atoms in total. The predicted octanol–water partition coefficient (Wildman–Crippen LogP) is 2.85. The van der Waals surface area contributed by atoms with Crippen LogP contribution in [-0.2, 0) is 16.5 Å². The maximum atomic E-state index is 12.6. The average Bonchev–Trinajstić information content (AvgIpc) is 2.19. The predicted molar refractivity (Wildman–Crippen MR) is 57.9 cm³/mol. The minimum absolute atomic E-state index is 0.111. The summed E-state index contributed by atoms with van der Waals surface area (Å²) in [5.74, 6) is -1.14. The maximum absolute atomic E-state index is 12.6. The minimum Gasteiger partial charge on any atom is -0.481 e. The van der Waals surface area contributed by atoms with Gasteiger partial charge in [0.05, 0.1) is 6.42 Å². The second kappa shape index (κ2) is 5.34. The molecular formula is C10H10BrF2NO2. The van der Waals surface area contributed by atoms with Crippen LogP contribution < -0.4 is 0 Å². The summed E-state index contributed by atoms with van der Waals surface area (Å²) in [4.78, 5) is 14.2. The minimum atomic E-state index is -2.75. The monoisotopic (exact) mass is 293 g/mol. The summed E-state index contributed by atoms with van der Waals surface area (Å²) in [6.07, 6.45) is -1.84. The van der Waals surface area contributed by atoms with Crippen molar-refractivity contribution in [3.8, 4) is 0 Å². The van der Waals surface area contributed by atoms with Gasteiger partial charge in [-0.1, -0.05) is 15.9 Å². The molecule has 0 bridgehead atoms. The molecule has 0 radical (unpaired) electrons. The zero-order chi connectivity index (χ0) is 12.3. The van der Waals surface area contributed by atoms with E-state index in [0.29, 0.717) is 10.9 Å². The molecule has 1 heterocycles. The molecule has 0 saturated heterocycles. The molecule has 0 unspecified atom stereocenters. The van der Waals surface area contributed by atoms with Crippen LogP contribution in [0.3, 0.4) is 0 Å². The SMILES string of the molecule is Cc1c(CBr)cnc(C(F)F)c1CC(=O)O. The Kier molecular flexibility index (Phi) is 4.35. The van der Waals surface area contributed by atoms with Crippen molar-refractivity contribution in [2.45, 2.75) is 25.1 Å². The second-order valence-corrected chi connectivity index (χ2v) is 3.84. The van der Waals surface area contributed by atoms with Crippen LogP contribution in [0.15, 0.2) is 6.20 Å². The highest BCUT2D eigenvalue weighted by atomic mass is 79.9. The van der Waals surface area contributed by atoms with Gasteiger partial charge in [0.2, 0.25) is 0 Å². The van der Waals surface area contributed by atoms with Gasteiger partial charge in [0.15, 0.2) is 0 Å². The Morgan fingerprint density at radius 1 is 1.62 bits per heavy atom. The topological polar surface area (TPSA) is 50.2 Å². The van der Waals surface area contributed by atoms with Crippen molar-refractivity contribution in [2.75, 3.05) is 0 Å². The smallest absolute Gasteiger partial charge is 0.307 e. The number of carboxylic acids is 1. The van der Waals surface area contributed by atoms with E-state index in [-0.39, 0.29) is 5.56 Å². The first-order valence-corrected chi connectivity index (χ1v) is 5.62. The number of carboxylic acid groups (broad SMARTS) is 1. The number of nitrogens with zero attached hydrogens (tertiary/aromatic N) is 1. The number of hydrogen-bond donors (Lipinski definition) is 1. The van der Waals surface area contributed by atoms with Crippen LogP contribution in [0.5, 0.6) is 0 Å². The number of rotatable bonds is 4. The molecule has 0 aliphatic carbocycles. The van der Waals surface area contributed by atoms with E-state index in [2.05, 4.69) is 20.9 Å². The summed E-state index contributed by atoms with van der Waals surface area (Å²) >= 11 is 3.20. The number of aliphatic carboxylic acids is 1. The van der Waals surface area contributed by atoms with Crippen LogP contribution in [0, 0.1) is 6.92 Å². The first kappa shape index (κ1) is 13.0. The fourth-order valence-electron chi connectivity index (χ4n) is 1.41. The first-order valence-electron chi connectivity index (χ1n) is 4.50. The average molecular weight is 294 g/mol. The summed E-state index contributed by atoms with van der Waals surface area (Å²) in [5, 5.41) is 9.14. The highest BCUT2D eigenvalue weighted by Crippen LogP contribution is 2.26. The number of carbonyl (C=O) groups is 1. The van der Waals surface area contributed by atoms with E-state index in [0.717, 1.165) is 5.56 Å². The van der Waals surface area contributed by atoms with E-state index in [1.165, 1.54) is 6.20 Å². The van der Waals surface area contributed by atoms with Crippen LogP contribution in [-0.4, -0.2) is 16.1 Å². The molecule has 1 rings (SSSR count). The zero-order valence-corrected chi connectivity index (χ0v) is 10.1. The molecule has 0 aliphatic heterocycles. The third-order valence-electron chi connectivity index (χ3n) is 2.28. The van der Waals surface area contributed by atoms with Gasteiger partial charge in [-0.2, -0.15) is 0 Å². The van der Waals surface area contributed by atoms with Crippen LogP contribution in [0.4, 0.5) is 8.78 Å². The molecule has 0 fully saturated rings. The molecule has 6 heteroatoms. The third kappa shape index (κ3) is 2.75. The lowest BCUT2D eigenvalue weighted by atomic mass is 10.0. The molecule has 0 spiro atoms. The Bertz CT molecular complexity index is 410. The highest BCUT2D eigenvalue weighted by Gasteiger charge is 2.20. The lowest BCUT2D eigenvalue weighted by molar-refractivity contribution is -0.136. The van der Waals surface area contributed by atoms with E-state index in [1.807, 2.05) is 0 Å². The molecule has 88 valence electrons. The summed E-state index contributed by atoms with van der Waals surface area (Å²) < 4.78 is 25.3. The van der Waals surface area contributed by atoms with Crippen LogP contribution in [0.1, 0.15) is 28.8 Å². The zero-order valence-electron chi connectivity index (χ0n) is 8.51. The Morgan fingerprint density at radius 3 is 2.69 bits per heavy atom. The molecule has 1 aromatic heterocycles. The van der Waals surface area contributed by atoms with Gasteiger partial charge in [0.25, 0.3) is 6.43 Å². The summed E-state index contributed by atoms with van der Waals surface area (Å²) in [6.45, 7) is 1.63. The molecule has 0 atom stereocenters. The first-order chi connectivity index (χ1) is 7.47. The number of hydrogen-bond acceptors (Lipinski definition) is 2. The highest BCUT2D eigenvalue weighted by molar-refractivity contribution is 9.08. The Morgan fingerprint density at radius 2 is 2.25 bits per heavy atom. The lowest BCUT2D eigenvalue weighted by Crippen LogP contribution is -2.09. The Hall–Kier alpha value is -1.04.